The molecule has 0 aromatic carbocycles. The van der Waals surface area contributed by atoms with E-state index in [9.17, 15) is 14.4 Å². The summed E-state index contributed by atoms with van der Waals surface area (Å²) >= 11 is 0. The number of esters is 3. The van der Waals surface area contributed by atoms with Gasteiger partial charge in [0.15, 0.2) is 6.10 Å². The van der Waals surface area contributed by atoms with E-state index in [2.05, 4.69) is 118 Å². The summed E-state index contributed by atoms with van der Waals surface area (Å²) in [5.41, 5.74) is 0. The molecular weight excluding hydrogens is 817 g/mol. The van der Waals surface area contributed by atoms with Crippen molar-refractivity contribution in [3.8, 4) is 0 Å². The number of ether oxygens (including phenoxy) is 3. The molecule has 1 unspecified atom stereocenters. The molecule has 0 amide bonds. The van der Waals surface area contributed by atoms with Crippen molar-refractivity contribution < 1.29 is 28.6 Å². The molecule has 1 atom stereocenters. The van der Waals surface area contributed by atoms with E-state index < -0.39 is 12.1 Å². The van der Waals surface area contributed by atoms with Gasteiger partial charge in [-0.05, 0) is 109 Å². The lowest BCUT2D eigenvalue weighted by molar-refractivity contribution is -0.166. The van der Waals surface area contributed by atoms with Crippen LogP contribution in [0.5, 0.6) is 0 Å². The van der Waals surface area contributed by atoms with Gasteiger partial charge in [0.1, 0.15) is 13.2 Å². The summed E-state index contributed by atoms with van der Waals surface area (Å²) in [4.78, 5) is 38.0. The van der Waals surface area contributed by atoms with E-state index in [-0.39, 0.29) is 31.6 Å². The second kappa shape index (κ2) is 53.7. The Kier molecular flexibility index (Phi) is 50.5. The summed E-state index contributed by atoms with van der Waals surface area (Å²) in [6, 6.07) is 0. The molecule has 6 nitrogen and oxygen atoms in total. The predicted molar refractivity (Wildman–Crippen MR) is 283 cm³/mol. The van der Waals surface area contributed by atoms with Crippen molar-refractivity contribution >= 4 is 17.9 Å². The molecule has 0 aliphatic heterocycles. The Morgan fingerprint density at radius 3 is 1.02 bits per heavy atom. The van der Waals surface area contributed by atoms with Crippen LogP contribution in [0.25, 0.3) is 0 Å². The van der Waals surface area contributed by atoms with Crippen LogP contribution in [-0.4, -0.2) is 37.2 Å². The first-order valence-corrected chi connectivity index (χ1v) is 26.9. The first-order valence-electron chi connectivity index (χ1n) is 26.9. The fourth-order valence-corrected chi connectivity index (χ4v) is 7.03. The average Bonchev–Trinajstić information content (AvgIpc) is 3.31. The molecule has 66 heavy (non-hydrogen) atoms. The summed E-state index contributed by atoms with van der Waals surface area (Å²) < 4.78 is 16.7. The van der Waals surface area contributed by atoms with E-state index in [1.54, 1.807) is 0 Å². The zero-order chi connectivity index (χ0) is 47.9. The van der Waals surface area contributed by atoms with Crippen LogP contribution in [0.2, 0.25) is 0 Å². The molecular formula is C60H98O6. The Morgan fingerprint density at radius 2 is 0.621 bits per heavy atom. The van der Waals surface area contributed by atoms with Gasteiger partial charge in [-0.2, -0.15) is 0 Å². The third kappa shape index (κ3) is 51.1. The highest BCUT2D eigenvalue weighted by Gasteiger charge is 2.19. The van der Waals surface area contributed by atoms with E-state index in [1.807, 2.05) is 12.2 Å². The molecule has 0 aromatic rings. The van der Waals surface area contributed by atoms with Gasteiger partial charge in [0, 0.05) is 19.3 Å². The summed E-state index contributed by atoms with van der Waals surface area (Å²) in [6.45, 7) is 6.32. The maximum atomic E-state index is 12.8. The molecule has 0 radical (unpaired) electrons. The Bertz CT molecular complexity index is 1370. The van der Waals surface area contributed by atoms with E-state index >= 15 is 0 Å². The van der Waals surface area contributed by atoms with E-state index in [0.29, 0.717) is 19.3 Å². The third-order valence-electron chi connectivity index (χ3n) is 11.0. The van der Waals surface area contributed by atoms with Gasteiger partial charge in [0.25, 0.3) is 0 Å². The minimum atomic E-state index is -0.827. The highest BCUT2D eigenvalue weighted by atomic mass is 16.6. The molecule has 0 heterocycles. The lowest BCUT2D eigenvalue weighted by atomic mass is 10.1. The number of allylic oxidation sites excluding steroid dienone is 18. The molecule has 0 aromatic heterocycles. The number of rotatable bonds is 47. The SMILES string of the molecule is CC/C=C\C/C=C\C/C=C\C/C=C\C/C=C\CCC(=O)OC(COC(=O)CCCCC/C=C\CCCCCCCC)COC(=O)CCCCCCCCCCC/C=C\C/C=C\C/C=C\CC. The maximum absolute atomic E-state index is 12.8. The van der Waals surface area contributed by atoms with E-state index in [1.165, 1.54) is 77.0 Å². The van der Waals surface area contributed by atoms with Crippen LogP contribution in [-0.2, 0) is 28.6 Å². The number of hydrogen-bond donors (Lipinski definition) is 0. The molecule has 374 valence electrons. The molecule has 0 fully saturated rings. The first kappa shape index (κ1) is 62.1. The van der Waals surface area contributed by atoms with Crippen LogP contribution in [0.15, 0.2) is 109 Å². The quantitative estimate of drug-likeness (QED) is 0.0262. The van der Waals surface area contributed by atoms with Crippen LogP contribution < -0.4 is 0 Å². The molecule has 0 saturated carbocycles. The molecule has 0 bridgehead atoms. The van der Waals surface area contributed by atoms with Crippen LogP contribution in [0.1, 0.15) is 233 Å². The van der Waals surface area contributed by atoms with Crippen LogP contribution in [0.4, 0.5) is 0 Å². The van der Waals surface area contributed by atoms with Crippen molar-refractivity contribution in [2.24, 2.45) is 0 Å². The lowest BCUT2D eigenvalue weighted by Gasteiger charge is -2.18. The molecule has 6 heteroatoms. The summed E-state index contributed by atoms with van der Waals surface area (Å²) in [6.07, 6.45) is 72.3. The van der Waals surface area contributed by atoms with Crippen molar-refractivity contribution in [1.82, 2.24) is 0 Å². The molecule has 0 rings (SSSR count). The monoisotopic (exact) mass is 915 g/mol. The normalized spacial score (nSPS) is 13.0. The van der Waals surface area contributed by atoms with Gasteiger partial charge >= 0.3 is 17.9 Å². The molecule has 0 saturated heterocycles. The van der Waals surface area contributed by atoms with E-state index in [0.717, 1.165) is 109 Å². The van der Waals surface area contributed by atoms with Crippen molar-refractivity contribution in [2.45, 2.75) is 239 Å². The van der Waals surface area contributed by atoms with E-state index in [4.69, 9.17) is 14.2 Å². The van der Waals surface area contributed by atoms with Gasteiger partial charge in [-0.25, -0.2) is 0 Å². The Morgan fingerprint density at radius 1 is 0.318 bits per heavy atom. The average molecular weight is 915 g/mol. The van der Waals surface area contributed by atoms with Crippen molar-refractivity contribution in [1.29, 1.82) is 0 Å². The minimum Gasteiger partial charge on any atom is -0.462 e. The standard InChI is InChI=1S/C60H98O6/c1-4-7-10-13-16-19-22-25-27-29-30-31-33-35-38-41-44-47-50-53-59(62)65-56-57(55-64-58(61)52-49-46-43-40-37-34-24-21-18-15-12-9-6-3)66-60(63)54-51-48-45-42-39-36-32-28-26-23-20-17-14-11-8-5-2/h7-8,10-11,16-17,19-20,25-28,34,36-37,39,45,48,57H,4-6,9,12-15,18,21-24,29-33,35,38,40-44,46-47,49-56H2,1-3H3/b10-7-,11-8-,19-16-,20-17-,27-25-,28-26-,37-34-,39-36-,48-45-. The zero-order valence-electron chi connectivity index (χ0n) is 42.7. The summed E-state index contributed by atoms with van der Waals surface area (Å²) in [5, 5.41) is 0. The van der Waals surface area contributed by atoms with Gasteiger partial charge in [-0.15, -0.1) is 0 Å². The van der Waals surface area contributed by atoms with Crippen LogP contribution in [0.3, 0.4) is 0 Å². The summed E-state index contributed by atoms with van der Waals surface area (Å²) in [7, 11) is 0. The molecule has 0 N–H and O–H groups in total. The topological polar surface area (TPSA) is 78.9 Å². The Balaban J connectivity index is 4.50. The fourth-order valence-electron chi connectivity index (χ4n) is 7.03. The Hall–Kier alpha value is -3.93. The van der Waals surface area contributed by atoms with Crippen LogP contribution >= 0.6 is 0 Å². The second-order valence-electron chi connectivity index (χ2n) is 17.4. The van der Waals surface area contributed by atoms with Crippen molar-refractivity contribution in [2.75, 3.05) is 13.2 Å². The smallest absolute Gasteiger partial charge is 0.306 e. The second-order valence-corrected chi connectivity index (χ2v) is 17.4. The number of unbranched alkanes of at least 4 members (excludes halogenated alkanes) is 18. The molecule has 0 aliphatic rings. The molecule has 0 spiro atoms. The maximum Gasteiger partial charge on any atom is 0.306 e. The van der Waals surface area contributed by atoms with Gasteiger partial charge in [0.05, 0.1) is 0 Å². The van der Waals surface area contributed by atoms with Gasteiger partial charge in [-0.3, -0.25) is 14.4 Å². The number of carbonyl (C=O) groups excluding carboxylic acids is 3. The predicted octanol–water partition coefficient (Wildman–Crippen LogP) is 17.9. The van der Waals surface area contributed by atoms with Crippen molar-refractivity contribution in [3.05, 3.63) is 109 Å². The van der Waals surface area contributed by atoms with Crippen molar-refractivity contribution in [3.63, 3.8) is 0 Å². The zero-order valence-corrected chi connectivity index (χ0v) is 42.7. The highest BCUT2D eigenvalue weighted by Crippen LogP contribution is 2.14. The van der Waals surface area contributed by atoms with Gasteiger partial charge in [0.2, 0.25) is 0 Å². The minimum absolute atomic E-state index is 0.117. The first-order chi connectivity index (χ1) is 32.5. The van der Waals surface area contributed by atoms with Gasteiger partial charge < -0.3 is 14.2 Å². The largest absolute Gasteiger partial charge is 0.462 e. The van der Waals surface area contributed by atoms with Crippen LogP contribution in [0, 0.1) is 0 Å². The third-order valence-corrected chi connectivity index (χ3v) is 11.0. The Labute approximate surface area is 406 Å². The lowest BCUT2D eigenvalue weighted by Crippen LogP contribution is -2.30. The van der Waals surface area contributed by atoms with Gasteiger partial charge in [-0.1, -0.05) is 214 Å². The fraction of sp³-hybridized carbons (Fsp3) is 0.650. The highest BCUT2D eigenvalue weighted by molar-refractivity contribution is 5.71. The summed E-state index contributed by atoms with van der Waals surface area (Å²) in [5.74, 6) is -1.03. The number of hydrogen-bond acceptors (Lipinski definition) is 6. The molecule has 0 aliphatic carbocycles. The number of carbonyl (C=O) groups is 3.